The lowest BCUT2D eigenvalue weighted by molar-refractivity contribution is 0.0842. The van der Waals surface area contributed by atoms with Gasteiger partial charge in [0.25, 0.3) is 11.8 Å². The van der Waals surface area contributed by atoms with E-state index < -0.39 is 21.8 Å². The van der Waals surface area contributed by atoms with E-state index in [0.29, 0.717) is 18.8 Å². The van der Waals surface area contributed by atoms with Crippen LogP contribution >= 0.6 is 15.9 Å². The highest BCUT2D eigenvalue weighted by Crippen LogP contribution is 2.20. The van der Waals surface area contributed by atoms with Crippen molar-refractivity contribution in [1.82, 2.24) is 19.7 Å². The zero-order valence-corrected chi connectivity index (χ0v) is 17.7. The number of nitrogens with one attached hydrogen (secondary N) is 2. The van der Waals surface area contributed by atoms with Crippen molar-refractivity contribution in [3.63, 3.8) is 0 Å². The Morgan fingerprint density at radius 2 is 1.61 bits per heavy atom. The number of halogens is 1. The van der Waals surface area contributed by atoms with E-state index in [2.05, 4.69) is 26.8 Å². The standard InChI is InChI=1S/C18H21BrN4O4S/c1-22-12-14(19)11-16(22)18(25)21-20-17(24)13-5-7-15(8-6-13)28(26,27)23-9-3-2-4-10-23/h5-8,11-12H,2-4,9-10H2,1H3,(H,20,24)(H,21,25). The van der Waals surface area contributed by atoms with Crippen molar-refractivity contribution < 1.29 is 18.0 Å². The van der Waals surface area contributed by atoms with Gasteiger partial charge in [0.1, 0.15) is 5.69 Å². The van der Waals surface area contributed by atoms with E-state index in [1.165, 1.54) is 28.6 Å². The van der Waals surface area contributed by atoms with Crippen LogP contribution in [-0.2, 0) is 17.1 Å². The number of hydrogen-bond acceptors (Lipinski definition) is 4. The Morgan fingerprint density at radius 1 is 1.00 bits per heavy atom. The van der Waals surface area contributed by atoms with E-state index in [9.17, 15) is 18.0 Å². The normalized spacial score (nSPS) is 15.2. The molecule has 1 aromatic heterocycles. The predicted molar refractivity (Wildman–Crippen MR) is 107 cm³/mol. The molecule has 0 atom stereocenters. The Balaban J connectivity index is 1.63. The van der Waals surface area contributed by atoms with Crippen LogP contribution in [0.4, 0.5) is 0 Å². The zero-order valence-electron chi connectivity index (χ0n) is 15.3. The number of piperidine rings is 1. The minimum Gasteiger partial charge on any atom is -0.345 e. The summed E-state index contributed by atoms with van der Waals surface area (Å²) >= 11 is 3.28. The first kappa shape index (κ1) is 20.6. The van der Waals surface area contributed by atoms with Crippen molar-refractivity contribution in [2.75, 3.05) is 13.1 Å². The average Bonchev–Trinajstić information content (AvgIpc) is 3.04. The van der Waals surface area contributed by atoms with Gasteiger partial charge in [-0.3, -0.25) is 20.4 Å². The highest BCUT2D eigenvalue weighted by Gasteiger charge is 2.26. The van der Waals surface area contributed by atoms with E-state index in [4.69, 9.17) is 0 Å². The molecular formula is C18H21BrN4O4S. The molecule has 2 amide bonds. The number of aromatic nitrogens is 1. The minimum atomic E-state index is -3.54. The molecule has 10 heteroatoms. The number of carbonyl (C=O) groups excluding carboxylic acids is 2. The lowest BCUT2D eigenvalue weighted by Gasteiger charge is -2.25. The Labute approximate surface area is 172 Å². The molecule has 0 spiro atoms. The molecule has 8 nitrogen and oxygen atoms in total. The fourth-order valence-corrected chi connectivity index (χ4v) is 5.07. The number of hydrogen-bond donors (Lipinski definition) is 2. The third-order valence-corrected chi connectivity index (χ3v) is 6.91. The maximum absolute atomic E-state index is 12.6. The van der Waals surface area contributed by atoms with Gasteiger partial charge in [0.15, 0.2) is 0 Å². The van der Waals surface area contributed by atoms with Crippen LogP contribution in [0.25, 0.3) is 0 Å². The summed E-state index contributed by atoms with van der Waals surface area (Å²) in [5.74, 6) is -1.01. The predicted octanol–water partition coefficient (Wildman–Crippen LogP) is 2.04. The van der Waals surface area contributed by atoms with Gasteiger partial charge in [-0.1, -0.05) is 6.42 Å². The summed E-state index contributed by atoms with van der Waals surface area (Å²) in [6.45, 7) is 1.04. The van der Waals surface area contributed by atoms with Gasteiger partial charge >= 0.3 is 0 Å². The van der Waals surface area contributed by atoms with Crippen molar-refractivity contribution in [3.8, 4) is 0 Å². The second-order valence-corrected chi connectivity index (χ2v) is 9.41. The zero-order chi connectivity index (χ0) is 20.3. The largest absolute Gasteiger partial charge is 0.345 e. The topological polar surface area (TPSA) is 101 Å². The van der Waals surface area contributed by atoms with Crippen LogP contribution in [0, 0.1) is 0 Å². The summed E-state index contributed by atoms with van der Waals surface area (Å²) < 4.78 is 29.1. The van der Waals surface area contributed by atoms with Gasteiger partial charge < -0.3 is 4.57 Å². The highest BCUT2D eigenvalue weighted by atomic mass is 79.9. The van der Waals surface area contributed by atoms with Crippen LogP contribution in [0.2, 0.25) is 0 Å². The molecule has 28 heavy (non-hydrogen) atoms. The molecule has 0 unspecified atom stereocenters. The maximum Gasteiger partial charge on any atom is 0.286 e. The average molecular weight is 469 g/mol. The fourth-order valence-electron chi connectivity index (χ4n) is 3.03. The summed E-state index contributed by atoms with van der Waals surface area (Å²) in [5, 5.41) is 0. The molecule has 1 aliphatic rings. The number of nitrogens with zero attached hydrogens (tertiary/aromatic N) is 2. The lowest BCUT2D eigenvalue weighted by Crippen LogP contribution is -2.42. The molecule has 0 bridgehead atoms. The Bertz CT molecular complexity index is 980. The van der Waals surface area contributed by atoms with Crippen molar-refractivity contribution in [2.45, 2.75) is 24.2 Å². The number of carbonyl (C=O) groups is 2. The Hall–Kier alpha value is -2.17. The van der Waals surface area contributed by atoms with Crippen molar-refractivity contribution in [2.24, 2.45) is 7.05 Å². The number of hydrazine groups is 1. The highest BCUT2D eigenvalue weighted by molar-refractivity contribution is 9.10. The second kappa shape index (κ2) is 8.46. The fraction of sp³-hybridized carbons (Fsp3) is 0.333. The van der Waals surface area contributed by atoms with Crippen molar-refractivity contribution in [3.05, 3.63) is 52.3 Å². The third kappa shape index (κ3) is 4.45. The molecule has 0 radical (unpaired) electrons. The number of rotatable bonds is 4. The van der Waals surface area contributed by atoms with Crippen LogP contribution in [0.5, 0.6) is 0 Å². The van der Waals surface area contributed by atoms with Gasteiger partial charge in [0.2, 0.25) is 10.0 Å². The SMILES string of the molecule is Cn1cc(Br)cc1C(=O)NNC(=O)c1ccc(S(=O)(=O)N2CCCCC2)cc1. The first-order chi connectivity index (χ1) is 13.3. The molecule has 2 N–H and O–H groups in total. The molecule has 0 aliphatic carbocycles. The Morgan fingerprint density at radius 3 is 2.18 bits per heavy atom. The third-order valence-electron chi connectivity index (χ3n) is 4.56. The minimum absolute atomic E-state index is 0.156. The van der Waals surface area contributed by atoms with E-state index >= 15 is 0 Å². The van der Waals surface area contributed by atoms with Gasteiger partial charge in [-0.2, -0.15) is 4.31 Å². The number of aryl methyl sites for hydroxylation is 1. The summed E-state index contributed by atoms with van der Waals surface area (Å²) in [6.07, 6.45) is 4.48. The van der Waals surface area contributed by atoms with Crippen LogP contribution in [0.15, 0.2) is 45.9 Å². The van der Waals surface area contributed by atoms with E-state index in [-0.39, 0.29) is 10.5 Å². The Kier molecular flexibility index (Phi) is 6.21. The molecule has 2 aromatic rings. The molecule has 150 valence electrons. The van der Waals surface area contributed by atoms with Gasteiger partial charge in [-0.15, -0.1) is 0 Å². The molecular weight excluding hydrogens is 448 g/mol. The van der Waals surface area contributed by atoms with Gasteiger partial charge in [0, 0.05) is 36.4 Å². The van der Waals surface area contributed by atoms with Crippen LogP contribution in [0.3, 0.4) is 0 Å². The smallest absolute Gasteiger partial charge is 0.286 e. The summed E-state index contributed by atoms with van der Waals surface area (Å²) in [7, 11) is -1.83. The molecule has 1 saturated heterocycles. The maximum atomic E-state index is 12.6. The van der Waals surface area contributed by atoms with Gasteiger partial charge in [0.05, 0.1) is 4.90 Å². The number of amides is 2. The molecule has 1 fully saturated rings. The van der Waals surface area contributed by atoms with E-state index in [1.807, 2.05) is 0 Å². The van der Waals surface area contributed by atoms with Gasteiger partial charge in [-0.05, 0) is 59.1 Å². The van der Waals surface area contributed by atoms with Crippen molar-refractivity contribution in [1.29, 1.82) is 0 Å². The van der Waals surface area contributed by atoms with Gasteiger partial charge in [-0.25, -0.2) is 8.42 Å². The van der Waals surface area contributed by atoms with E-state index in [0.717, 1.165) is 23.7 Å². The van der Waals surface area contributed by atoms with Crippen LogP contribution < -0.4 is 10.9 Å². The first-order valence-corrected chi connectivity index (χ1v) is 11.0. The second-order valence-electron chi connectivity index (χ2n) is 6.55. The summed E-state index contributed by atoms with van der Waals surface area (Å²) in [5.41, 5.74) is 5.28. The quantitative estimate of drug-likeness (QED) is 0.670. The van der Waals surface area contributed by atoms with E-state index in [1.54, 1.807) is 23.9 Å². The van der Waals surface area contributed by atoms with Crippen LogP contribution in [-0.4, -0.2) is 42.2 Å². The molecule has 0 saturated carbocycles. The summed E-state index contributed by atoms with van der Waals surface area (Å²) in [6, 6.07) is 7.31. The number of benzene rings is 1. The molecule has 3 rings (SSSR count). The molecule has 2 heterocycles. The first-order valence-electron chi connectivity index (χ1n) is 8.82. The molecule has 1 aromatic carbocycles. The monoisotopic (exact) mass is 468 g/mol. The lowest BCUT2D eigenvalue weighted by atomic mass is 10.2. The van der Waals surface area contributed by atoms with Crippen LogP contribution in [0.1, 0.15) is 40.1 Å². The summed E-state index contributed by atoms with van der Waals surface area (Å²) in [4.78, 5) is 24.5. The van der Waals surface area contributed by atoms with Crippen molar-refractivity contribution >= 4 is 37.8 Å². The molecule has 1 aliphatic heterocycles. The number of sulfonamides is 1.